The van der Waals surface area contributed by atoms with Gasteiger partial charge in [0.15, 0.2) is 9.84 Å². The lowest BCUT2D eigenvalue weighted by Gasteiger charge is -2.30. The highest BCUT2D eigenvalue weighted by Crippen LogP contribution is 2.30. The van der Waals surface area contributed by atoms with Gasteiger partial charge in [-0.05, 0) is 50.1 Å². The van der Waals surface area contributed by atoms with Crippen LogP contribution in [-0.2, 0) is 30.8 Å². The minimum absolute atomic E-state index is 0.162. The first-order valence-corrected chi connectivity index (χ1v) is 11.6. The molecule has 2 atom stereocenters. The van der Waals surface area contributed by atoms with E-state index in [-0.39, 0.29) is 30.1 Å². The molecule has 1 aromatic heterocycles. The molecule has 1 aliphatic rings. The minimum Gasteiger partial charge on any atom is -0.465 e. The summed E-state index contributed by atoms with van der Waals surface area (Å²) in [4.78, 5) is 27.4. The number of benzene rings is 1. The molecule has 2 unspecified atom stereocenters. The van der Waals surface area contributed by atoms with Gasteiger partial charge in [0.1, 0.15) is 12.6 Å². The van der Waals surface area contributed by atoms with Crippen LogP contribution in [-0.4, -0.2) is 54.7 Å². The SMILES string of the molecule is CCOC(=O)C1CC(n2nc(CO[N+](=O)[O-])cc2-c2ccc(S(C)(=O)=O)cc2)CCN1. The maximum absolute atomic E-state index is 12.2. The van der Waals surface area contributed by atoms with Gasteiger partial charge in [-0.2, -0.15) is 5.10 Å². The van der Waals surface area contributed by atoms with E-state index >= 15 is 0 Å². The lowest BCUT2D eigenvalue weighted by atomic mass is 9.99. The monoisotopic (exact) mass is 452 g/mol. The zero-order chi connectivity index (χ0) is 22.6. The summed E-state index contributed by atoms with van der Waals surface area (Å²) in [5.41, 5.74) is 1.69. The third kappa shape index (κ3) is 5.58. The minimum atomic E-state index is -3.34. The Morgan fingerprint density at radius 1 is 1.35 bits per heavy atom. The van der Waals surface area contributed by atoms with Crippen molar-refractivity contribution in [1.82, 2.24) is 15.1 Å². The van der Waals surface area contributed by atoms with Crippen molar-refractivity contribution in [3.05, 3.63) is 46.1 Å². The summed E-state index contributed by atoms with van der Waals surface area (Å²) in [5.74, 6) is -0.338. The van der Waals surface area contributed by atoms with E-state index in [1.54, 1.807) is 29.8 Å². The van der Waals surface area contributed by atoms with Crippen LogP contribution in [0.2, 0.25) is 0 Å². The Kier molecular flexibility index (Phi) is 6.91. The fourth-order valence-electron chi connectivity index (χ4n) is 3.54. The van der Waals surface area contributed by atoms with Crippen molar-refractivity contribution in [3.63, 3.8) is 0 Å². The van der Waals surface area contributed by atoms with Gasteiger partial charge < -0.3 is 14.9 Å². The Labute approximate surface area is 179 Å². The van der Waals surface area contributed by atoms with Crippen molar-refractivity contribution in [3.8, 4) is 11.3 Å². The molecule has 1 fully saturated rings. The highest BCUT2D eigenvalue weighted by Gasteiger charge is 2.31. The Morgan fingerprint density at radius 3 is 2.68 bits per heavy atom. The third-order valence-corrected chi connectivity index (χ3v) is 6.10. The van der Waals surface area contributed by atoms with Crippen LogP contribution in [0.3, 0.4) is 0 Å². The summed E-state index contributed by atoms with van der Waals surface area (Å²) in [5, 5.41) is 17.3. The molecule has 31 heavy (non-hydrogen) atoms. The average molecular weight is 452 g/mol. The Morgan fingerprint density at radius 2 is 2.06 bits per heavy atom. The number of sulfone groups is 1. The number of aromatic nitrogens is 2. The molecule has 0 radical (unpaired) electrons. The second-order valence-corrected chi connectivity index (χ2v) is 9.21. The summed E-state index contributed by atoms with van der Waals surface area (Å²) in [6.07, 6.45) is 2.25. The number of nitrogens with one attached hydrogen (secondary N) is 1. The van der Waals surface area contributed by atoms with Crippen LogP contribution in [0.15, 0.2) is 35.2 Å². The largest absolute Gasteiger partial charge is 0.465 e. The van der Waals surface area contributed by atoms with Gasteiger partial charge in [0.2, 0.25) is 0 Å². The van der Waals surface area contributed by atoms with Gasteiger partial charge in [-0.15, -0.1) is 10.1 Å². The molecule has 168 valence electrons. The summed E-state index contributed by atoms with van der Waals surface area (Å²) >= 11 is 0. The molecular weight excluding hydrogens is 428 g/mol. The van der Waals surface area contributed by atoms with Crippen LogP contribution in [0.5, 0.6) is 0 Å². The summed E-state index contributed by atoms with van der Waals surface area (Å²) < 4.78 is 30.3. The zero-order valence-electron chi connectivity index (χ0n) is 17.2. The maximum Gasteiger partial charge on any atom is 0.323 e. The molecule has 0 spiro atoms. The number of esters is 1. The van der Waals surface area contributed by atoms with E-state index in [1.165, 1.54) is 12.1 Å². The molecule has 0 amide bonds. The number of rotatable bonds is 8. The fourth-order valence-corrected chi connectivity index (χ4v) is 4.17. The van der Waals surface area contributed by atoms with Crippen LogP contribution in [0.1, 0.15) is 31.5 Å². The number of carbonyl (C=O) groups excluding carboxylic acids is 1. The predicted molar refractivity (Wildman–Crippen MR) is 109 cm³/mol. The molecule has 11 nitrogen and oxygen atoms in total. The summed E-state index contributed by atoms with van der Waals surface area (Å²) in [6.45, 7) is 2.28. The molecule has 0 bridgehead atoms. The van der Waals surface area contributed by atoms with Crippen molar-refractivity contribution in [2.24, 2.45) is 0 Å². The Hall–Kier alpha value is -2.99. The molecule has 1 N–H and O–H groups in total. The smallest absolute Gasteiger partial charge is 0.323 e. The number of carbonyl (C=O) groups is 1. The topological polar surface area (TPSA) is 143 Å². The molecule has 1 aliphatic heterocycles. The third-order valence-electron chi connectivity index (χ3n) is 4.98. The Balaban J connectivity index is 1.94. The van der Waals surface area contributed by atoms with Gasteiger partial charge in [0.05, 0.1) is 28.9 Å². The van der Waals surface area contributed by atoms with Crippen molar-refractivity contribution >= 4 is 15.8 Å². The number of hydrogen-bond donors (Lipinski definition) is 1. The van der Waals surface area contributed by atoms with Crippen LogP contribution >= 0.6 is 0 Å². The lowest BCUT2D eigenvalue weighted by molar-refractivity contribution is -0.763. The summed E-state index contributed by atoms with van der Waals surface area (Å²) in [6, 6.07) is 7.34. The van der Waals surface area contributed by atoms with Crippen molar-refractivity contribution in [1.29, 1.82) is 0 Å². The molecule has 12 heteroatoms. The normalized spacial score (nSPS) is 19.0. The Bertz CT molecular complexity index is 1050. The number of hydrogen-bond acceptors (Lipinski definition) is 9. The zero-order valence-corrected chi connectivity index (χ0v) is 18.0. The van der Waals surface area contributed by atoms with Crippen LogP contribution in [0.25, 0.3) is 11.3 Å². The molecule has 1 aromatic carbocycles. The molecule has 1 saturated heterocycles. The first-order chi connectivity index (χ1) is 14.7. The highest BCUT2D eigenvalue weighted by atomic mass is 32.2. The van der Waals surface area contributed by atoms with Crippen LogP contribution in [0, 0.1) is 10.1 Å². The van der Waals surface area contributed by atoms with Gasteiger partial charge >= 0.3 is 5.97 Å². The standard InChI is InChI=1S/C19H24N4O7S/c1-3-29-19(24)17-11-15(8-9-20-17)22-18(10-14(21-22)12-30-23(25)26)13-4-6-16(7-5-13)31(2,27)28/h4-7,10,15,17,20H,3,8-9,11-12H2,1-2H3. The number of nitrogens with zero attached hydrogens (tertiary/aromatic N) is 3. The quantitative estimate of drug-likeness (QED) is 0.358. The van der Waals surface area contributed by atoms with E-state index < -0.39 is 21.0 Å². The van der Waals surface area contributed by atoms with E-state index in [9.17, 15) is 23.3 Å². The molecule has 2 heterocycles. The number of ether oxygens (including phenoxy) is 1. The maximum atomic E-state index is 12.2. The van der Waals surface area contributed by atoms with Crippen molar-refractivity contribution in [2.75, 3.05) is 19.4 Å². The van der Waals surface area contributed by atoms with Gasteiger partial charge in [-0.25, -0.2) is 8.42 Å². The predicted octanol–water partition coefficient (Wildman–Crippen LogP) is 1.52. The van der Waals surface area contributed by atoms with E-state index in [4.69, 9.17) is 4.74 Å². The van der Waals surface area contributed by atoms with E-state index in [0.717, 1.165) is 6.26 Å². The van der Waals surface area contributed by atoms with Gasteiger partial charge in [-0.1, -0.05) is 12.1 Å². The van der Waals surface area contributed by atoms with E-state index in [2.05, 4.69) is 15.3 Å². The first-order valence-electron chi connectivity index (χ1n) is 9.75. The van der Waals surface area contributed by atoms with Crippen LogP contribution in [0.4, 0.5) is 0 Å². The van der Waals surface area contributed by atoms with Crippen molar-refractivity contribution < 1.29 is 27.9 Å². The van der Waals surface area contributed by atoms with E-state index in [0.29, 0.717) is 36.3 Å². The van der Waals surface area contributed by atoms with Crippen LogP contribution < -0.4 is 5.32 Å². The second-order valence-electron chi connectivity index (χ2n) is 7.20. The molecule has 0 aliphatic carbocycles. The average Bonchev–Trinajstić information content (AvgIpc) is 3.16. The first kappa shape index (κ1) is 22.7. The molecule has 3 rings (SSSR count). The van der Waals surface area contributed by atoms with E-state index in [1.807, 2.05) is 0 Å². The van der Waals surface area contributed by atoms with Gasteiger partial charge in [0, 0.05) is 6.26 Å². The van der Waals surface area contributed by atoms with Crippen molar-refractivity contribution in [2.45, 2.75) is 43.4 Å². The lowest BCUT2D eigenvalue weighted by Crippen LogP contribution is -2.45. The number of piperidine rings is 1. The fraction of sp³-hybridized carbons (Fsp3) is 0.474. The van der Waals surface area contributed by atoms with Gasteiger partial charge in [-0.3, -0.25) is 9.48 Å². The summed E-state index contributed by atoms with van der Waals surface area (Å²) in [7, 11) is -3.34. The molecule has 2 aromatic rings. The highest BCUT2D eigenvalue weighted by molar-refractivity contribution is 7.90. The second kappa shape index (κ2) is 9.43. The molecule has 0 saturated carbocycles. The van der Waals surface area contributed by atoms with Gasteiger partial charge in [0.25, 0.3) is 5.09 Å². The molecular formula is C19H24N4O7S.